The fourth-order valence-corrected chi connectivity index (χ4v) is 2.79. The third kappa shape index (κ3) is 3.99. The Morgan fingerprint density at radius 1 is 1.32 bits per heavy atom. The van der Waals surface area contributed by atoms with Crippen LogP contribution in [0.25, 0.3) is 0 Å². The van der Waals surface area contributed by atoms with Crippen LogP contribution < -0.4 is 10.1 Å². The monoisotopic (exact) mass is 323 g/mol. The van der Waals surface area contributed by atoms with Gasteiger partial charge in [-0.1, -0.05) is 17.3 Å². The van der Waals surface area contributed by atoms with Crippen LogP contribution in [-0.4, -0.2) is 29.8 Å². The number of ether oxygens (including phenoxy) is 1. The maximum absolute atomic E-state index is 5.46. The molecule has 2 aromatic rings. The molecule has 1 aromatic carbocycles. The van der Waals surface area contributed by atoms with Crippen molar-refractivity contribution < 1.29 is 9.26 Å². The molecule has 0 bridgehead atoms. The van der Waals surface area contributed by atoms with Gasteiger partial charge in [0.05, 0.1) is 7.11 Å². The Morgan fingerprint density at radius 2 is 2.09 bits per heavy atom. The Bertz CT molecular complexity index is 585. The van der Waals surface area contributed by atoms with E-state index in [9.17, 15) is 0 Å². The van der Waals surface area contributed by atoms with Crippen LogP contribution >= 0.6 is 12.4 Å². The summed E-state index contributed by atoms with van der Waals surface area (Å²) in [6.07, 6.45) is 2.81. The molecule has 1 saturated heterocycles. The zero-order chi connectivity index (χ0) is 14.7. The lowest BCUT2D eigenvalue weighted by Gasteiger charge is -2.25. The molecule has 1 aromatic heterocycles. The number of nitrogens with zero attached hydrogens (tertiary/aromatic N) is 2. The Kier molecular flexibility index (Phi) is 5.80. The maximum Gasteiger partial charge on any atom is 0.229 e. The summed E-state index contributed by atoms with van der Waals surface area (Å²) in [5.41, 5.74) is 1.15. The molecule has 0 radical (unpaired) electrons. The van der Waals surface area contributed by atoms with Gasteiger partial charge in [-0.15, -0.1) is 12.4 Å². The van der Waals surface area contributed by atoms with Gasteiger partial charge in [0.2, 0.25) is 5.89 Å². The molecular weight excluding hydrogens is 302 g/mol. The number of benzene rings is 1. The average Bonchev–Trinajstić information content (AvgIpc) is 2.97. The molecule has 1 aliphatic heterocycles. The van der Waals surface area contributed by atoms with Crippen LogP contribution in [-0.2, 0) is 6.42 Å². The third-order valence-electron chi connectivity index (χ3n) is 3.98. The van der Waals surface area contributed by atoms with Crippen molar-refractivity contribution in [2.75, 3.05) is 13.7 Å². The van der Waals surface area contributed by atoms with E-state index in [1.165, 1.54) is 0 Å². The molecule has 22 heavy (non-hydrogen) atoms. The van der Waals surface area contributed by atoms with E-state index in [0.717, 1.165) is 42.4 Å². The van der Waals surface area contributed by atoms with Crippen molar-refractivity contribution >= 4 is 12.4 Å². The van der Waals surface area contributed by atoms with E-state index < -0.39 is 0 Å². The maximum atomic E-state index is 5.46. The van der Waals surface area contributed by atoms with Crippen molar-refractivity contribution in [3.63, 3.8) is 0 Å². The van der Waals surface area contributed by atoms with Crippen LogP contribution in [0.15, 0.2) is 28.8 Å². The lowest BCUT2D eigenvalue weighted by atomic mass is 9.93. The summed E-state index contributed by atoms with van der Waals surface area (Å²) in [5, 5.41) is 7.55. The zero-order valence-electron chi connectivity index (χ0n) is 12.9. The van der Waals surface area contributed by atoms with E-state index >= 15 is 0 Å². The van der Waals surface area contributed by atoms with Crippen LogP contribution in [0.1, 0.15) is 43.0 Å². The van der Waals surface area contributed by atoms with E-state index in [2.05, 4.69) is 22.4 Å². The minimum Gasteiger partial charge on any atom is -0.497 e. The van der Waals surface area contributed by atoms with Crippen LogP contribution in [0.5, 0.6) is 5.75 Å². The van der Waals surface area contributed by atoms with Gasteiger partial charge in [0, 0.05) is 18.4 Å². The van der Waals surface area contributed by atoms with Crippen LogP contribution in [0.4, 0.5) is 0 Å². The highest BCUT2D eigenvalue weighted by atomic mass is 35.5. The summed E-state index contributed by atoms with van der Waals surface area (Å²) >= 11 is 0. The molecule has 3 rings (SSSR count). The highest BCUT2D eigenvalue weighted by Crippen LogP contribution is 2.26. The highest BCUT2D eigenvalue weighted by Gasteiger charge is 2.24. The van der Waals surface area contributed by atoms with Crippen LogP contribution in [0, 0.1) is 0 Å². The van der Waals surface area contributed by atoms with Crippen molar-refractivity contribution in [2.24, 2.45) is 0 Å². The number of hydrogen-bond donors (Lipinski definition) is 1. The Morgan fingerprint density at radius 3 is 2.77 bits per heavy atom. The molecule has 2 heterocycles. The number of piperidine rings is 1. The summed E-state index contributed by atoms with van der Waals surface area (Å²) in [7, 11) is 1.67. The first-order valence-corrected chi connectivity index (χ1v) is 7.43. The summed E-state index contributed by atoms with van der Waals surface area (Å²) in [6, 6.07) is 8.47. The van der Waals surface area contributed by atoms with Gasteiger partial charge >= 0.3 is 0 Å². The van der Waals surface area contributed by atoms with Gasteiger partial charge in [-0.05, 0) is 44.0 Å². The summed E-state index contributed by atoms with van der Waals surface area (Å²) in [4.78, 5) is 4.57. The fraction of sp³-hybridized carbons (Fsp3) is 0.500. The highest BCUT2D eigenvalue weighted by molar-refractivity contribution is 5.85. The lowest BCUT2D eigenvalue weighted by molar-refractivity contribution is 0.294. The van der Waals surface area contributed by atoms with Gasteiger partial charge in [-0.25, -0.2) is 0 Å². The van der Waals surface area contributed by atoms with Crippen molar-refractivity contribution in [2.45, 2.75) is 38.1 Å². The molecule has 0 aliphatic carbocycles. The van der Waals surface area contributed by atoms with Gasteiger partial charge < -0.3 is 14.6 Å². The minimum atomic E-state index is 0. The molecule has 0 unspecified atom stereocenters. The second-order valence-electron chi connectivity index (χ2n) is 5.65. The number of hydrogen-bond acceptors (Lipinski definition) is 5. The van der Waals surface area contributed by atoms with E-state index in [0.29, 0.717) is 18.4 Å². The number of aromatic nitrogens is 2. The molecule has 2 atom stereocenters. The molecule has 5 nitrogen and oxygen atoms in total. The zero-order valence-corrected chi connectivity index (χ0v) is 13.7. The molecule has 0 amide bonds. The predicted octanol–water partition coefficient (Wildman–Crippen LogP) is 2.95. The normalized spacial score (nSPS) is 21.2. The van der Waals surface area contributed by atoms with E-state index in [-0.39, 0.29) is 12.4 Å². The van der Waals surface area contributed by atoms with Crippen molar-refractivity contribution in [3.05, 3.63) is 41.5 Å². The van der Waals surface area contributed by atoms with Crippen LogP contribution in [0.2, 0.25) is 0 Å². The number of halogens is 1. The quantitative estimate of drug-likeness (QED) is 0.937. The lowest BCUT2D eigenvalue weighted by Crippen LogP contribution is -2.34. The summed E-state index contributed by atoms with van der Waals surface area (Å²) in [5.74, 6) is 2.78. The largest absolute Gasteiger partial charge is 0.497 e. The molecule has 120 valence electrons. The van der Waals surface area contributed by atoms with Gasteiger partial charge in [0.1, 0.15) is 5.75 Å². The van der Waals surface area contributed by atoms with Crippen molar-refractivity contribution in [3.8, 4) is 5.75 Å². The second-order valence-corrected chi connectivity index (χ2v) is 5.65. The van der Waals surface area contributed by atoms with E-state index in [4.69, 9.17) is 9.26 Å². The van der Waals surface area contributed by atoms with Crippen molar-refractivity contribution in [1.82, 2.24) is 15.5 Å². The predicted molar refractivity (Wildman–Crippen MR) is 86.8 cm³/mol. The second kappa shape index (κ2) is 7.61. The SMILES string of the molecule is COc1ccc(Cc2noc([C@H]3CCN[C@@H](C)C3)n2)cc1.Cl. The fourth-order valence-electron chi connectivity index (χ4n) is 2.79. The topological polar surface area (TPSA) is 60.2 Å². The van der Waals surface area contributed by atoms with Gasteiger partial charge in [-0.3, -0.25) is 0 Å². The first-order chi connectivity index (χ1) is 10.2. The van der Waals surface area contributed by atoms with Gasteiger partial charge in [-0.2, -0.15) is 4.98 Å². The van der Waals surface area contributed by atoms with Crippen molar-refractivity contribution in [1.29, 1.82) is 0 Å². The minimum absolute atomic E-state index is 0. The van der Waals surface area contributed by atoms with E-state index in [1.807, 2.05) is 24.3 Å². The Labute approximate surface area is 136 Å². The van der Waals surface area contributed by atoms with Gasteiger partial charge in [0.15, 0.2) is 5.82 Å². The standard InChI is InChI=1S/C16H21N3O2.ClH/c1-11-9-13(7-8-17-11)16-18-15(19-21-16)10-12-3-5-14(20-2)6-4-12;/h3-6,11,13,17H,7-10H2,1-2H3;1H/t11-,13-;/m0./s1. The molecule has 0 spiro atoms. The van der Waals surface area contributed by atoms with Crippen LogP contribution in [0.3, 0.4) is 0 Å². The molecule has 6 heteroatoms. The molecule has 1 fully saturated rings. The summed E-state index contributed by atoms with van der Waals surface area (Å²) < 4.78 is 10.6. The number of methoxy groups -OCH3 is 1. The smallest absolute Gasteiger partial charge is 0.229 e. The van der Waals surface area contributed by atoms with Gasteiger partial charge in [0.25, 0.3) is 0 Å². The first kappa shape index (κ1) is 16.8. The molecule has 1 aliphatic rings. The average molecular weight is 324 g/mol. The number of rotatable bonds is 4. The third-order valence-corrected chi connectivity index (χ3v) is 3.98. The molecule has 1 N–H and O–H groups in total. The molecular formula is C16H22ClN3O2. The van der Waals surface area contributed by atoms with E-state index in [1.54, 1.807) is 7.11 Å². The molecule has 0 saturated carbocycles. The number of nitrogens with one attached hydrogen (secondary N) is 1. The Hall–Kier alpha value is -1.59. The summed E-state index contributed by atoms with van der Waals surface area (Å²) in [6.45, 7) is 3.21. The first-order valence-electron chi connectivity index (χ1n) is 7.43. The Balaban J connectivity index is 0.00000176.